The molecule has 2 unspecified atom stereocenters. The third-order valence-electron chi connectivity index (χ3n) is 3.75. The van der Waals surface area contributed by atoms with Gasteiger partial charge in [-0.05, 0) is 64.6 Å². The topological polar surface area (TPSA) is 33.3 Å². The van der Waals surface area contributed by atoms with E-state index >= 15 is 0 Å². The Morgan fingerprint density at radius 1 is 1.06 bits per heavy atom. The molecule has 2 rings (SSSR count). The number of hydrogen-bond donors (Lipinski definition) is 2. The lowest BCUT2D eigenvalue weighted by atomic mass is 10.1. The summed E-state index contributed by atoms with van der Waals surface area (Å²) in [5.41, 5.74) is 0. The second-order valence-electron chi connectivity index (χ2n) is 5.11. The molecule has 0 amide bonds. The maximum atomic E-state index is 5.74. The first-order valence-corrected chi connectivity index (χ1v) is 7.01. The van der Waals surface area contributed by atoms with Crippen LogP contribution in [0, 0.1) is 0 Å². The molecule has 94 valence electrons. The highest BCUT2D eigenvalue weighted by Gasteiger charge is 2.15. The van der Waals surface area contributed by atoms with Gasteiger partial charge in [-0.2, -0.15) is 0 Å². The molecule has 0 radical (unpaired) electrons. The van der Waals surface area contributed by atoms with Crippen molar-refractivity contribution in [1.29, 1.82) is 0 Å². The van der Waals surface area contributed by atoms with Gasteiger partial charge in [0.2, 0.25) is 0 Å². The molecule has 2 saturated heterocycles. The van der Waals surface area contributed by atoms with Crippen molar-refractivity contribution in [3.05, 3.63) is 0 Å². The van der Waals surface area contributed by atoms with Crippen molar-refractivity contribution in [2.45, 2.75) is 57.1 Å². The van der Waals surface area contributed by atoms with Crippen LogP contribution in [0.4, 0.5) is 0 Å². The van der Waals surface area contributed by atoms with E-state index in [0.29, 0.717) is 6.10 Å². The molecule has 16 heavy (non-hydrogen) atoms. The number of hydrogen-bond acceptors (Lipinski definition) is 3. The summed E-state index contributed by atoms with van der Waals surface area (Å²) in [4.78, 5) is 0. The van der Waals surface area contributed by atoms with E-state index in [2.05, 4.69) is 10.6 Å². The van der Waals surface area contributed by atoms with E-state index in [1.807, 2.05) is 0 Å². The summed E-state index contributed by atoms with van der Waals surface area (Å²) in [6.45, 7) is 4.49. The van der Waals surface area contributed by atoms with Crippen LogP contribution in [-0.4, -0.2) is 38.4 Å². The predicted molar refractivity (Wildman–Crippen MR) is 66.7 cm³/mol. The fourth-order valence-electron chi connectivity index (χ4n) is 2.71. The molecule has 3 heteroatoms. The molecule has 2 heterocycles. The molecule has 2 fully saturated rings. The van der Waals surface area contributed by atoms with E-state index in [1.165, 1.54) is 58.0 Å². The van der Waals surface area contributed by atoms with Crippen LogP contribution in [0.5, 0.6) is 0 Å². The van der Waals surface area contributed by atoms with E-state index in [-0.39, 0.29) is 0 Å². The van der Waals surface area contributed by atoms with Crippen LogP contribution >= 0.6 is 0 Å². The average molecular weight is 226 g/mol. The van der Waals surface area contributed by atoms with Crippen LogP contribution in [0.2, 0.25) is 0 Å². The number of ether oxygens (including phenoxy) is 1. The minimum atomic E-state index is 0.533. The lowest BCUT2D eigenvalue weighted by molar-refractivity contribution is 0.0111. The molecule has 0 aromatic carbocycles. The molecule has 2 aliphatic heterocycles. The zero-order valence-electron chi connectivity index (χ0n) is 10.3. The van der Waals surface area contributed by atoms with Crippen molar-refractivity contribution in [3.63, 3.8) is 0 Å². The molecule has 3 nitrogen and oxygen atoms in total. The van der Waals surface area contributed by atoms with Gasteiger partial charge in [-0.25, -0.2) is 0 Å². The smallest absolute Gasteiger partial charge is 0.0587 e. The quantitative estimate of drug-likeness (QED) is 0.765. The summed E-state index contributed by atoms with van der Waals surface area (Å²) in [6, 6.07) is 0.735. The van der Waals surface area contributed by atoms with Gasteiger partial charge in [0.05, 0.1) is 6.10 Å². The van der Waals surface area contributed by atoms with Gasteiger partial charge in [0.15, 0.2) is 0 Å². The Bertz CT molecular complexity index is 173. The highest BCUT2D eigenvalue weighted by Crippen LogP contribution is 2.15. The van der Waals surface area contributed by atoms with E-state index in [0.717, 1.165) is 19.2 Å². The minimum Gasteiger partial charge on any atom is -0.378 e. The van der Waals surface area contributed by atoms with E-state index < -0.39 is 0 Å². The van der Waals surface area contributed by atoms with Crippen LogP contribution in [-0.2, 0) is 4.74 Å². The first kappa shape index (κ1) is 12.3. The molecule has 0 aliphatic carbocycles. The van der Waals surface area contributed by atoms with Crippen molar-refractivity contribution in [2.75, 3.05) is 26.2 Å². The van der Waals surface area contributed by atoms with Crippen LogP contribution in [0.25, 0.3) is 0 Å². The maximum Gasteiger partial charge on any atom is 0.0587 e. The van der Waals surface area contributed by atoms with E-state index in [4.69, 9.17) is 4.74 Å². The van der Waals surface area contributed by atoms with Crippen molar-refractivity contribution in [2.24, 2.45) is 0 Å². The van der Waals surface area contributed by atoms with Gasteiger partial charge >= 0.3 is 0 Å². The largest absolute Gasteiger partial charge is 0.378 e. The molecule has 0 bridgehead atoms. The van der Waals surface area contributed by atoms with Crippen LogP contribution in [0.15, 0.2) is 0 Å². The van der Waals surface area contributed by atoms with Crippen molar-refractivity contribution in [3.8, 4) is 0 Å². The Morgan fingerprint density at radius 2 is 2.06 bits per heavy atom. The molecule has 0 aromatic heterocycles. The van der Waals surface area contributed by atoms with Crippen LogP contribution < -0.4 is 10.6 Å². The molecular formula is C13H26N2O. The maximum absolute atomic E-state index is 5.74. The summed E-state index contributed by atoms with van der Waals surface area (Å²) in [5.74, 6) is 0. The zero-order valence-corrected chi connectivity index (χ0v) is 10.3. The van der Waals surface area contributed by atoms with Gasteiger partial charge in [0.1, 0.15) is 0 Å². The van der Waals surface area contributed by atoms with Gasteiger partial charge in [0, 0.05) is 12.6 Å². The van der Waals surface area contributed by atoms with Gasteiger partial charge in [-0.3, -0.25) is 0 Å². The second kappa shape index (κ2) is 7.25. The average Bonchev–Trinajstić information content (AvgIpc) is 2.59. The first-order valence-electron chi connectivity index (χ1n) is 7.01. The Balaban J connectivity index is 1.55. The standard InChI is InChI=1S/C13H26N2O/c1-2-11-16-13(5-1)7-10-15-12-4-3-8-14-9-6-12/h12-15H,1-11H2. The zero-order chi connectivity index (χ0) is 11.1. The van der Waals surface area contributed by atoms with Gasteiger partial charge in [-0.1, -0.05) is 0 Å². The fourth-order valence-corrected chi connectivity index (χ4v) is 2.71. The molecule has 2 atom stereocenters. The Labute approximate surface area is 99.3 Å². The molecule has 0 spiro atoms. The Morgan fingerprint density at radius 3 is 2.94 bits per heavy atom. The predicted octanol–water partition coefficient (Wildman–Crippen LogP) is 1.68. The third kappa shape index (κ3) is 4.40. The van der Waals surface area contributed by atoms with Gasteiger partial charge < -0.3 is 15.4 Å². The normalized spacial score (nSPS) is 32.2. The summed E-state index contributed by atoms with van der Waals surface area (Å²) >= 11 is 0. The second-order valence-corrected chi connectivity index (χ2v) is 5.11. The van der Waals surface area contributed by atoms with Crippen molar-refractivity contribution < 1.29 is 4.74 Å². The van der Waals surface area contributed by atoms with Gasteiger partial charge in [0.25, 0.3) is 0 Å². The summed E-state index contributed by atoms with van der Waals surface area (Å²) in [6.07, 6.45) is 9.56. The number of rotatable bonds is 4. The highest BCUT2D eigenvalue weighted by atomic mass is 16.5. The fraction of sp³-hybridized carbons (Fsp3) is 1.00. The summed E-state index contributed by atoms with van der Waals surface area (Å²) < 4.78 is 5.74. The summed E-state index contributed by atoms with van der Waals surface area (Å²) in [5, 5.41) is 7.14. The molecular weight excluding hydrogens is 200 g/mol. The van der Waals surface area contributed by atoms with Crippen LogP contribution in [0.1, 0.15) is 44.9 Å². The molecule has 0 saturated carbocycles. The van der Waals surface area contributed by atoms with Crippen molar-refractivity contribution >= 4 is 0 Å². The molecule has 0 aromatic rings. The number of nitrogens with one attached hydrogen (secondary N) is 2. The third-order valence-corrected chi connectivity index (χ3v) is 3.75. The van der Waals surface area contributed by atoms with E-state index in [1.54, 1.807) is 0 Å². The summed E-state index contributed by atoms with van der Waals surface area (Å²) in [7, 11) is 0. The van der Waals surface area contributed by atoms with E-state index in [9.17, 15) is 0 Å². The monoisotopic (exact) mass is 226 g/mol. The minimum absolute atomic E-state index is 0.533. The van der Waals surface area contributed by atoms with Crippen LogP contribution in [0.3, 0.4) is 0 Å². The molecule has 2 aliphatic rings. The molecule has 2 N–H and O–H groups in total. The van der Waals surface area contributed by atoms with Gasteiger partial charge in [-0.15, -0.1) is 0 Å². The lowest BCUT2D eigenvalue weighted by Crippen LogP contribution is -2.33. The Hall–Kier alpha value is -0.120. The lowest BCUT2D eigenvalue weighted by Gasteiger charge is -2.24. The SMILES string of the molecule is C1CCC(CCNC2CCCNCC2)OC1. The van der Waals surface area contributed by atoms with Crippen molar-refractivity contribution in [1.82, 2.24) is 10.6 Å². The first-order chi connectivity index (χ1) is 7.95. The highest BCUT2D eigenvalue weighted by molar-refractivity contribution is 4.73. The Kier molecular flexibility index (Phi) is 5.59.